The van der Waals surface area contributed by atoms with E-state index in [1.54, 1.807) is 22.3 Å². The number of nitrogens with zero attached hydrogens (tertiary/aromatic N) is 3. The minimum absolute atomic E-state index is 0.0344. The van der Waals surface area contributed by atoms with Crippen molar-refractivity contribution in [2.75, 3.05) is 14.1 Å². The predicted octanol–water partition coefficient (Wildman–Crippen LogP) is 3.78. The number of thiophene rings is 1. The number of aliphatic imine (C=N–C) groups is 1. The maximum Gasteiger partial charge on any atom is 0.191 e. The van der Waals surface area contributed by atoms with Crippen LogP contribution in [0.25, 0.3) is 11.1 Å². The van der Waals surface area contributed by atoms with E-state index in [1.807, 2.05) is 38.4 Å². The van der Waals surface area contributed by atoms with Crippen LogP contribution in [-0.2, 0) is 0 Å². The Kier molecular flexibility index (Phi) is 5.56. The number of nitriles is 1. The van der Waals surface area contributed by atoms with E-state index in [2.05, 4.69) is 29.1 Å². The molecule has 0 saturated heterocycles. The third-order valence-electron chi connectivity index (χ3n) is 3.41. The van der Waals surface area contributed by atoms with Gasteiger partial charge < -0.3 is 10.6 Å². The second-order valence-electron chi connectivity index (χ2n) is 5.35. The van der Waals surface area contributed by atoms with Crippen LogP contribution < -0.4 is 5.73 Å². The van der Waals surface area contributed by atoms with Gasteiger partial charge in [0, 0.05) is 19.0 Å². The van der Waals surface area contributed by atoms with E-state index < -0.39 is 0 Å². The highest BCUT2D eigenvalue weighted by Crippen LogP contribution is 2.33. The molecular formula is C18H20N4S. The summed E-state index contributed by atoms with van der Waals surface area (Å²) in [5, 5.41) is 11.1. The molecule has 0 aliphatic rings. The third-order valence-corrected chi connectivity index (χ3v) is 4.44. The Bertz CT molecular complexity index is 752. The lowest BCUT2D eigenvalue weighted by Crippen LogP contribution is -2.30. The quantitative estimate of drug-likeness (QED) is 0.517. The fourth-order valence-electron chi connectivity index (χ4n) is 2.11. The Morgan fingerprint density at radius 3 is 2.87 bits per heavy atom. The van der Waals surface area contributed by atoms with Crippen LogP contribution >= 0.6 is 11.3 Å². The molecule has 1 aromatic carbocycles. The molecule has 5 heteroatoms. The minimum Gasteiger partial charge on any atom is -0.370 e. The zero-order chi connectivity index (χ0) is 16.8. The van der Waals surface area contributed by atoms with Crippen LogP contribution in [0.1, 0.15) is 22.9 Å². The van der Waals surface area contributed by atoms with Crippen molar-refractivity contribution in [3.63, 3.8) is 0 Å². The number of nitrogens with two attached hydrogens (primary N) is 1. The van der Waals surface area contributed by atoms with Gasteiger partial charge in [-0.1, -0.05) is 18.2 Å². The zero-order valence-corrected chi connectivity index (χ0v) is 14.2. The van der Waals surface area contributed by atoms with Crippen LogP contribution in [0, 0.1) is 11.3 Å². The largest absolute Gasteiger partial charge is 0.370 e. The van der Waals surface area contributed by atoms with E-state index in [9.17, 15) is 0 Å². The first kappa shape index (κ1) is 16.8. The number of hydrogen-bond acceptors (Lipinski definition) is 3. The fourth-order valence-corrected chi connectivity index (χ4v) is 3.08. The van der Waals surface area contributed by atoms with Crippen molar-refractivity contribution in [3.05, 3.63) is 58.8 Å². The first-order chi connectivity index (χ1) is 11.0. The van der Waals surface area contributed by atoms with Crippen molar-refractivity contribution in [3.8, 4) is 17.2 Å². The van der Waals surface area contributed by atoms with Crippen LogP contribution in [0.2, 0.25) is 0 Å². The maximum atomic E-state index is 9.03. The Morgan fingerprint density at radius 1 is 1.43 bits per heavy atom. The summed E-state index contributed by atoms with van der Waals surface area (Å²) in [6.45, 7) is 3.81. The molecule has 1 aromatic heterocycles. The Hall–Kier alpha value is -2.58. The first-order valence-electron chi connectivity index (χ1n) is 7.25. The molecule has 2 N–H and O–H groups in total. The van der Waals surface area contributed by atoms with Crippen molar-refractivity contribution >= 4 is 17.3 Å². The topological polar surface area (TPSA) is 65.4 Å². The van der Waals surface area contributed by atoms with E-state index >= 15 is 0 Å². The van der Waals surface area contributed by atoms with Gasteiger partial charge in [-0.2, -0.15) is 5.26 Å². The molecule has 1 unspecified atom stereocenters. The molecule has 0 amide bonds. The summed E-state index contributed by atoms with van der Waals surface area (Å²) in [4.78, 5) is 7.51. The summed E-state index contributed by atoms with van der Waals surface area (Å²) in [5.41, 5.74) is 8.74. The molecule has 1 heterocycles. The van der Waals surface area contributed by atoms with Gasteiger partial charge in [0.25, 0.3) is 0 Å². The Balaban J connectivity index is 2.33. The summed E-state index contributed by atoms with van der Waals surface area (Å²) in [5.74, 6) is 0.498. The van der Waals surface area contributed by atoms with E-state index in [0.29, 0.717) is 11.5 Å². The predicted molar refractivity (Wildman–Crippen MR) is 97.3 cm³/mol. The van der Waals surface area contributed by atoms with Gasteiger partial charge >= 0.3 is 0 Å². The SMILES string of the molecule is C=CCC(N=C(N)N(C)C)c1cc(-c2cccc(C#N)c2)cs1. The summed E-state index contributed by atoms with van der Waals surface area (Å²) in [7, 11) is 3.74. The first-order valence-corrected chi connectivity index (χ1v) is 8.13. The summed E-state index contributed by atoms with van der Waals surface area (Å²) in [6, 6.07) is 11.9. The fraction of sp³-hybridized carbons (Fsp3) is 0.222. The molecule has 2 rings (SSSR count). The second-order valence-corrected chi connectivity index (χ2v) is 6.30. The van der Waals surface area contributed by atoms with E-state index in [1.165, 1.54) is 0 Å². The van der Waals surface area contributed by atoms with Crippen molar-refractivity contribution in [2.24, 2.45) is 10.7 Å². The van der Waals surface area contributed by atoms with E-state index in [4.69, 9.17) is 11.0 Å². The van der Waals surface area contributed by atoms with Crippen molar-refractivity contribution in [2.45, 2.75) is 12.5 Å². The highest BCUT2D eigenvalue weighted by atomic mass is 32.1. The lowest BCUT2D eigenvalue weighted by Gasteiger charge is -2.15. The lowest BCUT2D eigenvalue weighted by atomic mass is 10.0. The monoisotopic (exact) mass is 324 g/mol. The van der Waals surface area contributed by atoms with Crippen molar-refractivity contribution < 1.29 is 0 Å². The number of guanidine groups is 1. The van der Waals surface area contributed by atoms with Gasteiger partial charge in [-0.3, -0.25) is 0 Å². The minimum atomic E-state index is -0.0344. The summed E-state index contributed by atoms with van der Waals surface area (Å²) < 4.78 is 0. The Morgan fingerprint density at radius 2 is 2.22 bits per heavy atom. The van der Waals surface area contributed by atoms with Crippen LogP contribution in [0.4, 0.5) is 0 Å². The molecule has 0 saturated carbocycles. The lowest BCUT2D eigenvalue weighted by molar-refractivity contribution is 0.597. The smallest absolute Gasteiger partial charge is 0.191 e. The molecule has 118 valence electrons. The average molecular weight is 324 g/mol. The van der Waals surface area contributed by atoms with Gasteiger partial charge in [0.05, 0.1) is 17.7 Å². The molecular weight excluding hydrogens is 304 g/mol. The van der Waals surface area contributed by atoms with Crippen LogP contribution in [0.3, 0.4) is 0 Å². The molecule has 4 nitrogen and oxygen atoms in total. The number of benzene rings is 1. The van der Waals surface area contributed by atoms with Crippen molar-refractivity contribution in [1.82, 2.24) is 4.90 Å². The molecule has 0 bridgehead atoms. The van der Waals surface area contributed by atoms with Gasteiger partial charge in [0.2, 0.25) is 0 Å². The normalized spacial score (nSPS) is 12.5. The van der Waals surface area contributed by atoms with Gasteiger partial charge in [-0.05, 0) is 41.1 Å². The van der Waals surface area contributed by atoms with Gasteiger partial charge in [0.1, 0.15) is 0 Å². The molecule has 0 fully saturated rings. The van der Waals surface area contributed by atoms with E-state index in [-0.39, 0.29) is 6.04 Å². The highest BCUT2D eigenvalue weighted by molar-refractivity contribution is 7.10. The molecule has 23 heavy (non-hydrogen) atoms. The third kappa shape index (κ3) is 4.21. The highest BCUT2D eigenvalue weighted by Gasteiger charge is 2.13. The molecule has 0 aliphatic carbocycles. The summed E-state index contributed by atoms with van der Waals surface area (Å²) >= 11 is 1.65. The van der Waals surface area contributed by atoms with Gasteiger partial charge in [-0.25, -0.2) is 4.99 Å². The zero-order valence-electron chi connectivity index (χ0n) is 13.4. The van der Waals surface area contributed by atoms with Gasteiger partial charge in [-0.15, -0.1) is 17.9 Å². The maximum absolute atomic E-state index is 9.03. The molecule has 0 radical (unpaired) electrons. The molecule has 2 aromatic rings. The van der Waals surface area contributed by atoms with Crippen LogP contribution in [0.5, 0.6) is 0 Å². The van der Waals surface area contributed by atoms with Crippen molar-refractivity contribution in [1.29, 1.82) is 5.26 Å². The molecule has 0 spiro atoms. The summed E-state index contributed by atoms with van der Waals surface area (Å²) in [6.07, 6.45) is 2.58. The number of rotatable bonds is 5. The van der Waals surface area contributed by atoms with Crippen LogP contribution in [-0.4, -0.2) is 25.0 Å². The Labute approximate surface area is 141 Å². The van der Waals surface area contributed by atoms with E-state index in [0.717, 1.165) is 22.4 Å². The van der Waals surface area contributed by atoms with Gasteiger partial charge in [0.15, 0.2) is 5.96 Å². The second kappa shape index (κ2) is 7.61. The average Bonchev–Trinajstić information content (AvgIpc) is 3.04. The molecule has 1 atom stereocenters. The standard InChI is InChI=1S/C18H20N4S/c1-4-6-16(21-18(20)22(2)3)17-10-15(12-23-17)14-8-5-7-13(9-14)11-19/h4-5,7-10,12,16H,1,6H2,2-3H3,(H2,20,21). The number of hydrogen-bond donors (Lipinski definition) is 1. The van der Waals surface area contributed by atoms with Crippen LogP contribution in [0.15, 0.2) is 53.4 Å². The molecule has 0 aliphatic heterocycles.